The van der Waals surface area contributed by atoms with Crippen molar-refractivity contribution in [3.05, 3.63) is 47.8 Å². The van der Waals surface area contributed by atoms with Crippen LogP contribution < -0.4 is 5.73 Å². The summed E-state index contributed by atoms with van der Waals surface area (Å²) in [5, 5.41) is 4.48. The molecule has 1 fully saturated rings. The van der Waals surface area contributed by atoms with Crippen LogP contribution in [0.1, 0.15) is 29.4 Å². The maximum Gasteiger partial charge on any atom is 0.257 e. The van der Waals surface area contributed by atoms with Crippen molar-refractivity contribution in [1.29, 1.82) is 0 Å². The average Bonchev–Trinajstić information content (AvgIpc) is 3.10. The lowest BCUT2D eigenvalue weighted by Gasteiger charge is -2.21. The number of benzene rings is 1. The Kier molecular flexibility index (Phi) is 5.44. The van der Waals surface area contributed by atoms with Crippen LogP contribution in [0.5, 0.6) is 0 Å². The molecule has 1 aliphatic rings. The van der Waals surface area contributed by atoms with E-state index in [4.69, 9.17) is 5.73 Å². The van der Waals surface area contributed by atoms with Crippen LogP contribution in [0.25, 0.3) is 5.69 Å². The molecule has 5 nitrogen and oxygen atoms in total. The van der Waals surface area contributed by atoms with Gasteiger partial charge in [0.1, 0.15) is 0 Å². The summed E-state index contributed by atoms with van der Waals surface area (Å²) in [6.45, 7) is 5.35. The number of halogens is 1. The second-order valence-corrected chi connectivity index (χ2v) is 6.05. The van der Waals surface area contributed by atoms with Crippen molar-refractivity contribution in [3.63, 3.8) is 0 Å². The van der Waals surface area contributed by atoms with Gasteiger partial charge in [-0.2, -0.15) is 5.10 Å². The van der Waals surface area contributed by atoms with Gasteiger partial charge in [0, 0.05) is 18.8 Å². The van der Waals surface area contributed by atoms with Gasteiger partial charge in [0.2, 0.25) is 0 Å². The first-order chi connectivity index (χ1) is 10.6. The van der Waals surface area contributed by atoms with E-state index in [1.807, 2.05) is 48.4 Å². The second kappa shape index (κ2) is 7.15. The summed E-state index contributed by atoms with van der Waals surface area (Å²) < 4.78 is 1.77. The second-order valence-electron chi connectivity index (χ2n) is 6.05. The highest BCUT2D eigenvalue weighted by atomic mass is 35.5. The number of para-hydroxylation sites is 1. The molecule has 3 rings (SSSR count). The molecule has 6 heteroatoms. The van der Waals surface area contributed by atoms with E-state index in [0.717, 1.165) is 24.3 Å². The normalized spacial score (nSPS) is 20.4. The monoisotopic (exact) mass is 334 g/mol. The number of hydrogen-bond donors (Lipinski definition) is 1. The summed E-state index contributed by atoms with van der Waals surface area (Å²) >= 11 is 0. The number of rotatable bonds is 3. The van der Waals surface area contributed by atoms with Gasteiger partial charge >= 0.3 is 0 Å². The zero-order valence-electron chi connectivity index (χ0n) is 13.5. The molecule has 1 aromatic heterocycles. The number of likely N-dealkylation sites (tertiary alicyclic amines) is 1. The third kappa shape index (κ3) is 3.41. The van der Waals surface area contributed by atoms with Crippen molar-refractivity contribution in [3.8, 4) is 5.69 Å². The Morgan fingerprint density at radius 3 is 2.65 bits per heavy atom. The van der Waals surface area contributed by atoms with Crippen LogP contribution in [0.4, 0.5) is 0 Å². The number of nitrogens with zero attached hydrogens (tertiary/aromatic N) is 3. The van der Waals surface area contributed by atoms with Crippen molar-refractivity contribution in [2.75, 3.05) is 13.1 Å². The summed E-state index contributed by atoms with van der Waals surface area (Å²) in [4.78, 5) is 14.7. The van der Waals surface area contributed by atoms with Gasteiger partial charge in [-0.1, -0.05) is 18.2 Å². The minimum atomic E-state index is 0. The highest BCUT2D eigenvalue weighted by Gasteiger charge is 2.33. The molecule has 23 heavy (non-hydrogen) atoms. The fraction of sp³-hybridized carbons (Fsp3) is 0.412. The molecule has 1 amide bonds. The summed E-state index contributed by atoms with van der Waals surface area (Å²) in [7, 11) is 0. The van der Waals surface area contributed by atoms with Crippen LogP contribution in [0.3, 0.4) is 0 Å². The van der Waals surface area contributed by atoms with Gasteiger partial charge in [0.15, 0.2) is 0 Å². The first kappa shape index (κ1) is 17.5. The van der Waals surface area contributed by atoms with Crippen LogP contribution in [0, 0.1) is 12.8 Å². The Balaban J connectivity index is 0.00000192. The molecule has 2 atom stereocenters. The highest BCUT2D eigenvalue weighted by Crippen LogP contribution is 2.25. The van der Waals surface area contributed by atoms with Crippen LogP contribution in [-0.2, 0) is 0 Å². The van der Waals surface area contributed by atoms with Crippen molar-refractivity contribution in [2.45, 2.75) is 26.3 Å². The molecule has 1 saturated heterocycles. The number of aryl methyl sites for hydroxylation is 1. The van der Waals surface area contributed by atoms with Crippen LogP contribution in [-0.4, -0.2) is 39.7 Å². The smallest absolute Gasteiger partial charge is 0.257 e. The quantitative estimate of drug-likeness (QED) is 0.937. The maximum absolute atomic E-state index is 12.8. The Bertz CT molecular complexity index is 670. The Morgan fingerprint density at radius 1 is 1.35 bits per heavy atom. The van der Waals surface area contributed by atoms with E-state index in [-0.39, 0.29) is 24.4 Å². The molecule has 1 aromatic carbocycles. The molecule has 0 spiro atoms. The first-order valence-electron chi connectivity index (χ1n) is 7.73. The zero-order valence-corrected chi connectivity index (χ0v) is 14.3. The van der Waals surface area contributed by atoms with Crippen molar-refractivity contribution >= 4 is 18.3 Å². The molecule has 0 bridgehead atoms. The summed E-state index contributed by atoms with van der Waals surface area (Å²) in [5.74, 6) is 0.464. The third-order valence-electron chi connectivity index (χ3n) is 4.41. The highest BCUT2D eigenvalue weighted by molar-refractivity contribution is 5.95. The van der Waals surface area contributed by atoms with Gasteiger partial charge in [-0.3, -0.25) is 4.79 Å². The third-order valence-corrected chi connectivity index (χ3v) is 4.41. The van der Waals surface area contributed by atoms with Crippen molar-refractivity contribution in [1.82, 2.24) is 14.7 Å². The topological polar surface area (TPSA) is 64.2 Å². The summed E-state index contributed by atoms with van der Waals surface area (Å²) in [6.07, 6.45) is 2.81. The molecule has 0 aliphatic carbocycles. The van der Waals surface area contributed by atoms with Gasteiger partial charge in [-0.15, -0.1) is 12.4 Å². The zero-order chi connectivity index (χ0) is 15.7. The van der Waals surface area contributed by atoms with Gasteiger partial charge in [0.05, 0.1) is 16.9 Å². The molecule has 124 valence electrons. The van der Waals surface area contributed by atoms with Gasteiger partial charge in [0.25, 0.3) is 5.91 Å². The number of nitrogens with two attached hydrogens (primary N) is 1. The van der Waals surface area contributed by atoms with Crippen LogP contribution >= 0.6 is 12.4 Å². The van der Waals surface area contributed by atoms with Crippen LogP contribution in [0.15, 0.2) is 36.5 Å². The molecule has 2 N–H and O–H groups in total. The molecule has 0 radical (unpaired) electrons. The summed E-state index contributed by atoms with van der Waals surface area (Å²) in [6, 6.07) is 10.1. The molecular weight excluding hydrogens is 312 g/mol. The fourth-order valence-corrected chi connectivity index (χ4v) is 3.13. The lowest BCUT2D eigenvalue weighted by molar-refractivity contribution is 0.0742. The largest absolute Gasteiger partial charge is 0.335 e. The van der Waals surface area contributed by atoms with Crippen LogP contribution in [0.2, 0.25) is 0 Å². The molecule has 2 aromatic rings. The standard InChI is InChI=1S/C17H22N4O.ClH/c1-12-8-14(9-18)10-20(12)17(22)16-11-21(19-13(16)2)15-6-4-3-5-7-15;/h3-7,11-12,14H,8-10,18H2,1-2H3;1H. The number of hydrogen-bond acceptors (Lipinski definition) is 3. The van der Waals surface area contributed by atoms with E-state index in [1.165, 1.54) is 0 Å². The minimum absolute atomic E-state index is 0. The van der Waals surface area contributed by atoms with E-state index in [1.54, 1.807) is 4.68 Å². The van der Waals surface area contributed by atoms with E-state index >= 15 is 0 Å². The lowest BCUT2D eigenvalue weighted by atomic mass is 10.1. The lowest BCUT2D eigenvalue weighted by Crippen LogP contribution is -2.34. The number of carbonyl (C=O) groups excluding carboxylic acids is 1. The maximum atomic E-state index is 12.8. The van der Waals surface area contributed by atoms with E-state index < -0.39 is 0 Å². The van der Waals surface area contributed by atoms with Crippen molar-refractivity contribution in [2.24, 2.45) is 11.7 Å². The molecule has 2 heterocycles. The first-order valence-corrected chi connectivity index (χ1v) is 7.73. The predicted molar refractivity (Wildman–Crippen MR) is 93.2 cm³/mol. The van der Waals surface area contributed by atoms with Gasteiger partial charge in [-0.25, -0.2) is 4.68 Å². The number of aromatic nitrogens is 2. The Hall–Kier alpha value is -1.85. The Labute approximate surface area is 142 Å². The molecular formula is C17H23ClN4O. The number of carbonyl (C=O) groups is 1. The van der Waals surface area contributed by atoms with E-state index in [9.17, 15) is 4.79 Å². The predicted octanol–water partition coefficient (Wildman–Crippen LogP) is 2.41. The average molecular weight is 335 g/mol. The van der Waals surface area contributed by atoms with Crippen molar-refractivity contribution < 1.29 is 4.79 Å². The van der Waals surface area contributed by atoms with E-state index in [2.05, 4.69) is 12.0 Å². The van der Waals surface area contributed by atoms with E-state index in [0.29, 0.717) is 18.0 Å². The molecule has 2 unspecified atom stereocenters. The van der Waals surface area contributed by atoms with Gasteiger partial charge in [-0.05, 0) is 44.9 Å². The fourth-order valence-electron chi connectivity index (χ4n) is 3.13. The number of amides is 1. The molecule has 0 saturated carbocycles. The SMILES string of the molecule is Cc1nn(-c2ccccc2)cc1C(=O)N1CC(CN)CC1C.Cl. The van der Waals surface area contributed by atoms with Gasteiger partial charge < -0.3 is 10.6 Å². The molecule has 1 aliphatic heterocycles. The Morgan fingerprint density at radius 2 is 2.04 bits per heavy atom. The summed E-state index contributed by atoms with van der Waals surface area (Å²) in [5.41, 5.74) is 8.15. The minimum Gasteiger partial charge on any atom is -0.335 e.